The number of rotatable bonds is 7. The SMILES string of the molecule is C#CCOc1ccc(C=CC(=O)c2ccc3c(c2)OCO3)cc1OCC. The van der Waals surface area contributed by atoms with Gasteiger partial charge in [0.25, 0.3) is 0 Å². The van der Waals surface area contributed by atoms with Crippen molar-refractivity contribution in [3.05, 3.63) is 53.6 Å². The minimum Gasteiger partial charge on any atom is -0.490 e. The van der Waals surface area contributed by atoms with Crippen LogP contribution in [0.1, 0.15) is 22.8 Å². The average Bonchev–Trinajstić information content (AvgIpc) is 3.13. The highest BCUT2D eigenvalue weighted by molar-refractivity contribution is 6.07. The van der Waals surface area contributed by atoms with Gasteiger partial charge in [-0.3, -0.25) is 4.79 Å². The number of ether oxygens (including phenoxy) is 4. The van der Waals surface area contributed by atoms with Gasteiger partial charge >= 0.3 is 0 Å². The molecular formula is C21H18O5. The first-order valence-electron chi connectivity index (χ1n) is 8.16. The Morgan fingerprint density at radius 1 is 1.15 bits per heavy atom. The predicted molar refractivity (Wildman–Crippen MR) is 97.9 cm³/mol. The van der Waals surface area contributed by atoms with Gasteiger partial charge in [0.15, 0.2) is 28.8 Å². The van der Waals surface area contributed by atoms with E-state index in [1.807, 2.05) is 13.0 Å². The maximum atomic E-state index is 12.4. The van der Waals surface area contributed by atoms with E-state index in [4.69, 9.17) is 25.4 Å². The lowest BCUT2D eigenvalue weighted by molar-refractivity contribution is 0.104. The number of terminal acetylenes is 1. The van der Waals surface area contributed by atoms with E-state index in [1.165, 1.54) is 6.08 Å². The molecule has 0 bridgehead atoms. The van der Waals surface area contributed by atoms with Gasteiger partial charge in [0, 0.05) is 5.56 Å². The summed E-state index contributed by atoms with van der Waals surface area (Å²) in [7, 11) is 0. The standard InChI is InChI=1S/C21H18O5/c1-3-11-24-18-9-6-15(12-20(18)23-4-2)5-8-17(22)16-7-10-19-21(13-16)26-14-25-19/h1,5-10,12-13H,4,11,14H2,2H3. The van der Waals surface area contributed by atoms with E-state index in [2.05, 4.69) is 5.92 Å². The maximum Gasteiger partial charge on any atom is 0.231 e. The summed E-state index contributed by atoms with van der Waals surface area (Å²) in [5.74, 6) is 4.68. The summed E-state index contributed by atoms with van der Waals surface area (Å²) in [6, 6.07) is 10.5. The fraction of sp³-hybridized carbons (Fsp3) is 0.190. The molecule has 0 saturated carbocycles. The normalized spacial score (nSPS) is 12.0. The van der Waals surface area contributed by atoms with Crippen molar-refractivity contribution in [2.24, 2.45) is 0 Å². The first-order valence-corrected chi connectivity index (χ1v) is 8.16. The molecule has 132 valence electrons. The number of carbonyl (C=O) groups is 1. The van der Waals surface area contributed by atoms with Gasteiger partial charge in [-0.1, -0.05) is 18.1 Å². The first-order chi connectivity index (χ1) is 12.7. The zero-order chi connectivity index (χ0) is 18.4. The molecule has 0 fully saturated rings. The Hall–Kier alpha value is -3.39. The van der Waals surface area contributed by atoms with Crippen molar-refractivity contribution in [3.8, 4) is 35.3 Å². The second kappa shape index (κ2) is 8.13. The number of fused-ring (bicyclic) bond motifs is 1. The van der Waals surface area contributed by atoms with Crippen molar-refractivity contribution < 1.29 is 23.7 Å². The highest BCUT2D eigenvalue weighted by Gasteiger charge is 2.15. The molecule has 2 aromatic rings. The van der Waals surface area contributed by atoms with Gasteiger partial charge in [0.2, 0.25) is 6.79 Å². The summed E-state index contributed by atoms with van der Waals surface area (Å²) >= 11 is 0. The summed E-state index contributed by atoms with van der Waals surface area (Å²) < 4.78 is 21.6. The van der Waals surface area contributed by atoms with E-state index >= 15 is 0 Å². The molecular weight excluding hydrogens is 332 g/mol. The van der Waals surface area contributed by atoms with Gasteiger partial charge in [0.1, 0.15) is 6.61 Å². The van der Waals surface area contributed by atoms with Crippen LogP contribution in [0.15, 0.2) is 42.5 Å². The summed E-state index contributed by atoms with van der Waals surface area (Å²) in [5.41, 5.74) is 1.35. The van der Waals surface area contributed by atoms with E-state index < -0.39 is 0 Å². The van der Waals surface area contributed by atoms with Gasteiger partial charge in [-0.2, -0.15) is 0 Å². The van der Waals surface area contributed by atoms with Crippen molar-refractivity contribution in [2.45, 2.75) is 6.92 Å². The number of ketones is 1. The zero-order valence-electron chi connectivity index (χ0n) is 14.4. The molecule has 0 unspecified atom stereocenters. The van der Waals surface area contributed by atoms with Crippen molar-refractivity contribution in [1.82, 2.24) is 0 Å². The lowest BCUT2D eigenvalue weighted by Crippen LogP contribution is -1.99. The molecule has 5 nitrogen and oxygen atoms in total. The molecule has 0 radical (unpaired) electrons. The third kappa shape index (κ3) is 3.98. The lowest BCUT2D eigenvalue weighted by Gasteiger charge is -2.10. The van der Waals surface area contributed by atoms with Crippen LogP contribution < -0.4 is 18.9 Å². The van der Waals surface area contributed by atoms with Crippen LogP contribution in [-0.2, 0) is 0 Å². The molecule has 1 heterocycles. The minimum atomic E-state index is -0.131. The lowest BCUT2D eigenvalue weighted by atomic mass is 10.1. The maximum absolute atomic E-state index is 12.4. The summed E-state index contributed by atoms with van der Waals surface area (Å²) in [6.07, 6.45) is 8.45. The second-order valence-electron chi connectivity index (χ2n) is 5.40. The van der Waals surface area contributed by atoms with Gasteiger partial charge in [-0.25, -0.2) is 0 Å². The van der Waals surface area contributed by atoms with E-state index in [0.29, 0.717) is 35.2 Å². The van der Waals surface area contributed by atoms with Gasteiger partial charge < -0.3 is 18.9 Å². The molecule has 0 saturated heterocycles. The van der Waals surface area contributed by atoms with Gasteiger partial charge in [-0.05, 0) is 48.9 Å². The van der Waals surface area contributed by atoms with Crippen LogP contribution in [0.25, 0.3) is 6.08 Å². The van der Waals surface area contributed by atoms with Crippen molar-refractivity contribution in [2.75, 3.05) is 20.0 Å². The third-order valence-electron chi connectivity index (χ3n) is 3.66. The molecule has 0 atom stereocenters. The van der Waals surface area contributed by atoms with Crippen LogP contribution in [0.2, 0.25) is 0 Å². The molecule has 5 heteroatoms. The second-order valence-corrected chi connectivity index (χ2v) is 5.40. The zero-order valence-corrected chi connectivity index (χ0v) is 14.4. The molecule has 0 spiro atoms. The highest BCUT2D eigenvalue weighted by Crippen LogP contribution is 2.33. The fourth-order valence-electron chi connectivity index (χ4n) is 2.45. The Morgan fingerprint density at radius 3 is 2.81 bits per heavy atom. The number of carbonyl (C=O) groups excluding carboxylic acids is 1. The van der Waals surface area contributed by atoms with Crippen LogP contribution in [-0.4, -0.2) is 25.8 Å². The largest absolute Gasteiger partial charge is 0.490 e. The fourth-order valence-corrected chi connectivity index (χ4v) is 2.45. The molecule has 3 rings (SSSR count). The third-order valence-corrected chi connectivity index (χ3v) is 3.66. The molecule has 2 aromatic carbocycles. The summed E-state index contributed by atoms with van der Waals surface area (Å²) in [6.45, 7) is 2.72. The van der Waals surface area contributed by atoms with Crippen LogP contribution in [0.4, 0.5) is 0 Å². The van der Waals surface area contributed by atoms with E-state index in [9.17, 15) is 4.79 Å². The Labute approximate surface area is 152 Å². The van der Waals surface area contributed by atoms with E-state index in [0.717, 1.165) is 5.56 Å². The number of allylic oxidation sites excluding steroid dienone is 1. The Kier molecular flexibility index (Phi) is 5.45. The Balaban J connectivity index is 1.76. The molecule has 26 heavy (non-hydrogen) atoms. The van der Waals surface area contributed by atoms with Crippen LogP contribution >= 0.6 is 0 Å². The Bertz CT molecular complexity index is 876. The monoisotopic (exact) mass is 350 g/mol. The van der Waals surface area contributed by atoms with Gasteiger partial charge in [-0.15, -0.1) is 6.42 Å². The van der Waals surface area contributed by atoms with Crippen LogP contribution in [0.3, 0.4) is 0 Å². The molecule has 0 aliphatic carbocycles. The van der Waals surface area contributed by atoms with Gasteiger partial charge in [0.05, 0.1) is 6.61 Å². The summed E-state index contributed by atoms with van der Waals surface area (Å²) in [4.78, 5) is 12.4. The summed E-state index contributed by atoms with van der Waals surface area (Å²) in [5, 5.41) is 0. The van der Waals surface area contributed by atoms with E-state index in [1.54, 1.807) is 36.4 Å². The predicted octanol–water partition coefficient (Wildman–Crippen LogP) is 3.72. The number of hydrogen-bond donors (Lipinski definition) is 0. The Morgan fingerprint density at radius 2 is 2.00 bits per heavy atom. The average molecular weight is 350 g/mol. The smallest absolute Gasteiger partial charge is 0.231 e. The van der Waals surface area contributed by atoms with E-state index in [-0.39, 0.29) is 19.2 Å². The topological polar surface area (TPSA) is 54.0 Å². The van der Waals surface area contributed by atoms with Crippen molar-refractivity contribution >= 4 is 11.9 Å². The molecule has 0 N–H and O–H groups in total. The van der Waals surface area contributed by atoms with Crippen LogP contribution in [0, 0.1) is 12.3 Å². The van der Waals surface area contributed by atoms with Crippen molar-refractivity contribution in [3.63, 3.8) is 0 Å². The number of hydrogen-bond acceptors (Lipinski definition) is 5. The minimum absolute atomic E-state index is 0.131. The molecule has 0 amide bonds. The quantitative estimate of drug-likeness (QED) is 0.433. The van der Waals surface area contributed by atoms with Crippen LogP contribution in [0.5, 0.6) is 23.0 Å². The molecule has 1 aliphatic heterocycles. The molecule has 1 aliphatic rings. The van der Waals surface area contributed by atoms with Crippen molar-refractivity contribution in [1.29, 1.82) is 0 Å². The highest BCUT2D eigenvalue weighted by atomic mass is 16.7. The molecule has 0 aromatic heterocycles. The first kappa shape index (κ1) is 17.4. The number of benzene rings is 2.